The maximum atomic E-state index is 6.08. The summed E-state index contributed by atoms with van der Waals surface area (Å²) in [6.07, 6.45) is 6.26. The third-order valence-corrected chi connectivity index (χ3v) is 3.44. The van der Waals surface area contributed by atoms with Crippen molar-refractivity contribution in [1.29, 1.82) is 0 Å². The van der Waals surface area contributed by atoms with Crippen LogP contribution in [0.5, 0.6) is 0 Å². The van der Waals surface area contributed by atoms with Gasteiger partial charge in [-0.2, -0.15) is 0 Å². The number of hydrogen-bond donors (Lipinski definition) is 2. The lowest BCUT2D eigenvalue weighted by Gasteiger charge is -2.31. The Morgan fingerprint density at radius 2 is 2.50 bits per heavy atom. The SMILES string of the molecule is NC1CNCCC1O[C@@H]1Cc2nccn2C1. The minimum Gasteiger partial charge on any atom is -0.371 e. The van der Waals surface area contributed by atoms with Crippen molar-refractivity contribution in [3.63, 3.8) is 0 Å². The molecule has 5 heteroatoms. The quantitative estimate of drug-likeness (QED) is 0.709. The molecule has 2 unspecified atom stereocenters. The summed E-state index contributed by atoms with van der Waals surface area (Å²) in [7, 11) is 0. The number of fused-ring (bicyclic) bond motifs is 1. The topological polar surface area (TPSA) is 65.1 Å². The number of nitrogens with one attached hydrogen (secondary N) is 1. The van der Waals surface area contributed by atoms with E-state index >= 15 is 0 Å². The fourth-order valence-corrected chi connectivity index (χ4v) is 2.55. The van der Waals surface area contributed by atoms with Crippen molar-refractivity contribution in [1.82, 2.24) is 14.9 Å². The molecule has 0 saturated carbocycles. The van der Waals surface area contributed by atoms with Crippen molar-refractivity contribution in [2.75, 3.05) is 13.1 Å². The highest BCUT2D eigenvalue weighted by Gasteiger charge is 2.29. The summed E-state index contributed by atoms with van der Waals surface area (Å²) < 4.78 is 8.24. The highest BCUT2D eigenvalue weighted by Crippen LogP contribution is 2.19. The lowest BCUT2D eigenvalue weighted by molar-refractivity contribution is -0.0347. The van der Waals surface area contributed by atoms with Crippen LogP contribution in [0.15, 0.2) is 12.4 Å². The molecule has 0 amide bonds. The molecule has 0 spiro atoms. The summed E-state index contributed by atoms with van der Waals surface area (Å²) in [4.78, 5) is 4.30. The second-order valence-electron chi connectivity index (χ2n) is 4.65. The summed E-state index contributed by atoms with van der Waals surface area (Å²) in [5.41, 5.74) is 6.03. The van der Waals surface area contributed by atoms with Gasteiger partial charge in [0.25, 0.3) is 0 Å². The van der Waals surface area contributed by atoms with E-state index in [-0.39, 0.29) is 18.2 Å². The van der Waals surface area contributed by atoms with Crippen LogP contribution in [0.3, 0.4) is 0 Å². The van der Waals surface area contributed by atoms with Crippen LogP contribution in [0, 0.1) is 0 Å². The van der Waals surface area contributed by atoms with Crippen molar-refractivity contribution in [2.45, 2.75) is 37.6 Å². The maximum absolute atomic E-state index is 6.08. The molecule has 0 aliphatic carbocycles. The average Bonchev–Trinajstić information content (AvgIpc) is 2.81. The Kier molecular flexibility index (Phi) is 2.67. The predicted octanol–water partition coefficient (Wildman–Crippen LogP) is -0.486. The minimum atomic E-state index is 0.127. The van der Waals surface area contributed by atoms with Crippen LogP contribution >= 0.6 is 0 Å². The molecule has 3 atom stereocenters. The number of nitrogens with two attached hydrogens (primary N) is 1. The Morgan fingerprint density at radius 1 is 1.56 bits per heavy atom. The van der Waals surface area contributed by atoms with Gasteiger partial charge in [0.2, 0.25) is 0 Å². The molecule has 16 heavy (non-hydrogen) atoms. The molecule has 0 radical (unpaired) electrons. The number of imidazole rings is 1. The van der Waals surface area contributed by atoms with E-state index in [4.69, 9.17) is 10.5 Å². The van der Waals surface area contributed by atoms with Crippen molar-refractivity contribution in [2.24, 2.45) is 5.73 Å². The van der Waals surface area contributed by atoms with Gasteiger partial charge < -0.3 is 20.4 Å². The number of ether oxygens (including phenoxy) is 1. The van der Waals surface area contributed by atoms with Gasteiger partial charge in [0.05, 0.1) is 18.8 Å². The molecule has 1 saturated heterocycles. The summed E-state index contributed by atoms with van der Waals surface area (Å²) in [5, 5.41) is 3.28. The molecule has 0 bridgehead atoms. The predicted molar refractivity (Wildman–Crippen MR) is 60.1 cm³/mol. The number of nitrogens with zero attached hydrogens (tertiary/aromatic N) is 2. The summed E-state index contributed by atoms with van der Waals surface area (Å²) in [5.74, 6) is 1.13. The van der Waals surface area contributed by atoms with Crippen LogP contribution in [0.2, 0.25) is 0 Å². The van der Waals surface area contributed by atoms with Gasteiger partial charge in [-0.05, 0) is 13.0 Å². The lowest BCUT2D eigenvalue weighted by atomic mass is 10.0. The molecular formula is C11H18N4O. The zero-order valence-corrected chi connectivity index (χ0v) is 9.30. The van der Waals surface area contributed by atoms with E-state index in [0.29, 0.717) is 0 Å². The van der Waals surface area contributed by atoms with Crippen molar-refractivity contribution < 1.29 is 4.74 Å². The first-order valence-corrected chi connectivity index (χ1v) is 5.94. The van der Waals surface area contributed by atoms with Crippen LogP contribution in [0.4, 0.5) is 0 Å². The first-order chi connectivity index (χ1) is 7.83. The number of rotatable bonds is 2. The average molecular weight is 222 g/mol. The van der Waals surface area contributed by atoms with E-state index < -0.39 is 0 Å². The van der Waals surface area contributed by atoms with Crippen molar-refractivity contribution >= 4 is 0 Å². The van der Waals surface area contributed by atoms with E-state index in [1.807, 2.05) is 12.4 Å². The molecule has 3 N–H and O–H groups in total. The summed E-state index contributed by atoms with van der Waals surface area (Å²) in [6, 6.07) is 0.127. The normalized spacial score (nSPS) is 33.9. The first kappa shape index (κ1) is 10.3. The van der Waals surface area contributed by atoms with E-state index in [9.17, 15) is 0 Å². The third-order valence-electron chi connectivity index (χ3n) is 3.44. The van der Waals surface area contributed by atoms with E-state index in [1.165, 1.54) is 0 Å². The molecule has 0 aromatic carbocycles. The molecule has 1 aromatic heterocycles. The Morgan fingerprint density at radius 3 is 3.31 bits per heavy atom. The second-order valence-corrected chi connectivity index (χ2v) is 4.65. The smallest absolute Gasteiger partial charge is 0.111 e. The number of aromatic nitrogens is 2. The fraction of sp³-hybridized carbons (Fsp3) is 0.727. The number of piperidine rings is 1. The van der Waals surface area contributed by atoms with Gasteiger partial charge >= 0.3 is 0 Å². The van der Waals surface area contributed by atoms with E-state index in [0.717, 1.165) is 38.3 Å². The van der Waals surface area contributed by atoms with Crippen LogP contribution < -0.4 is 11.1 Å². The molecule has 88 valence electrons. The zero-order valence-electron chi connectivity index (χ0n) is 9.30. The fourth-order valence-electron chi connectivity index (χ4n) is 2.55. The third kappa shape index (κ3) is 1.86. The molecule has 2 aliphatic heterocycles. The van der Waals surface area contributed by atoms with E-state index in [2.05, 4.69) is 14.9 Å². The Hall–Kier alpha value is -0.910. The minimum absolute atomic E-state index is 0.127. The van der Waals surface area contributed by atoms with Gasteiger partial charge in [0.15, 0.2) is 0 Å². The molecular weight excluding hydrogens is 204 g/mol. The highest BCUT2D eigenvalue weighted by atomic mass is 16.5. The zero-order chi connectivity index (χ0) is 11.0. The largest absolute Gasteiger partial charge is 0.371 e. The molecule has 1 aromatic rings. The molecule has 3 heterocycles. The van der Waals surface area contributed by atoms with Gasteiger partial charge in [-0.1, -0.05) is 0 Å². The van der Waals surface area contributed by atoms with Gasteiger partial charge in [0.1, 0.15) is 5.82 Å². The molecule has 5 nitrogen and oxygen atoms in total. The lowest BCUT2D eigenvalue weighted by Crippen LogP contribution is -2.51. The summed E-state index contributed by atoms with van der Waals surface area (Å²) in [6.45, 7) is 2.80. The van der Waals surface area contributed by atoms with Gasteiger partial charge in [-0.25, -0.2) is 4.98 Å². The Balaban J connectivity index is 1.58. The molecule has 2 aliphatic rings. The molecule has 1 fully saturated rings. The van der Waals surface area contributed by atoms with Crippen LogP contribution in [-0.2, 0) is 17.7 Å². The summed E-state index contributed by atoms with van der Waals surface area (Å²) >= 11 is 0. The highest BCUT2D eigenvalue weighted by molar-refractivity contribution is 5.01. The standard InChI is InChI=1S/C11H18N4O/c12-9-6-13-2-1-10(9)16-8-5-11-14-3-4-15(11)7-8/h3-4,8-10,13H,1-2,5-7,12H2/t8-,9?,10?/m1/s1. The number of hydrogen-bond acceptors (Lipinski definition) is 4. The van der Waals surface area contributed by atoms with Crippen molar-refractivity contribution in [3.05, 3.63) is 18.2 Å². The van der Waals surface area contributed by atoms with E-state index in [1.54, 1.807) is 0 Å². The first-order valence-electron chi connectivity index (χ1n) is 5.94. The second kappa shape index (κ2) is 4.16. The van der Waals surface area contributed by atoms with Crippen LogP contribution in [0.1, 0.15) is 12.2 Å². The molecule has 3 rings (SSSR count). The van der Waals surface area contributed by atoms with Gasteiger partial charge in [-0.15, -0.1) is 0 Å². The monoisotopic (exact) mass is 222 g/mol. The van der Waals surface area contributed by atoms with Gasteiger partial charge in [-0.3, -0.25) is 0 Å². The van der Waals surface area contributed by atoms with Gasteiger partial charge in [0, 0.05) is 31.4 Å². The maximum Gasteiger partial charge on any atom is 0.111 e. The van der Waals surface area contributed by atoms with Crippen LogP contribution in [-0.4, -0.2) is 40.9 Å². The Labute approximate surface area is 95.0 Å². The Bertz CT molecular complexity index is 344. The van der Waals surface area contributed by atoms with Crippen molar-refractivity contribution in [3.8, 4) is 0 Å². The van der Waals surface area contributed by atoms with Crippen LogP contribution in [0.25, 0.3) is 0 Å².